The van der Waals surface area contributed by atoms with Crippen LogP contribution < -0.4 is 20.7 Å². The first-order valence-corrected chi connectivity index (χ1v) is 10.2. The summed E-state index contributed by atoms with van der Waals surface area (Å²) in [4.78, 5) is 29.9. The number of ether oxygens (including phenoxy) is 1. The van der Waals surface area contributed by atoms with Crippen LogP contribution in [0, 0.1) is 5.82 Å². The van der Waals surface area contributed by atoms with Crippen LogP contribution in [0.1, 0.15) is 12.5 Å². The number of fused-ring (bicyclic) bond motifs is 1. The van der Waals surface area contributed by atoms with E-state index >= 15 is 0 Å². The Hall–Kier alpha value is -3.85. The number of benzene rings is 2. The predicted octanol–water partition coefficient (Wildman–Crippen LogP) is 5.68. The summed E-state index contributed by atoms with van der Waals surface area (Å²) in [6, 6.07) is 11.6. The monoisotopic (exact) mass is 455 g/mol. The van der Waals surface area contributed by atoms with Crippen LogP contribution in [0.25, 0.3) is 0 Å². The molecule has 0 atom stereocenters. The smallest absolute Gasteiger partial charge is 0.323 e. The lowest BCUT2D eigenvalue weighted by molar-refractivity contribution is 0.209. The van der Waals surface area contributed by atoms with Gasteiger partial charge in [-0.15, -0.1) is 0 Å². The fraction of sp³-hybridized carbons (Fsp3) is 0.136. The summed E-state index contributed by atoms with van der Waals surface area (Å²) in [6.07, 6.45) is 1.48. The highest BCUT2D eigenvalue weighted by molar-refractivity contribution is 6.33. The number of urea groups is 2. The van der Waals surface area contributed by atoms with Gasteiger partial charge in [0, 0.05) is 24.5 Å². The molecule has 0 bridgehead atoms. The zero-order valence-corrected chi connectivity index (χ0v) is 17.7. The fourth-order valence-electron chi connectivity index (χ4n) is 3.16. The van der Waals surface area contributed by atoms with E-state index in [4.69, 9.17) is 16.3 Å². The molecule has 1 aromatic heterocycles. The van der Waals surface area contributed by atoms with Crippen LogP contribution >= 0.6 is 11.6 Å². The Bertz CT molecular complexity index is 1190. The molecule has 32 heavy (non-hydrogen) atoms. The standard InChI is InChI=1S/C22H19ClFN5O3/c1-2-29-12-14-18(9-10-25-20(14)28-22(29)31)32-19-8-7-13(11-16(19)24)26-21(30)27-17-6-4-3-5-15(17)23/h3-11H,2,12H2,1H3,(H,25,28,31)(H2,26,27,30). The van der Waals surface area contributed by atoms with E-state index in [1.807, 2.05) is 6.92 Å². The van der Waals surface area contributed by atoms with E-state index in [-0.39, 0.29) is 17.5 Å². The molecular weight excluding hydrogens is 437 g/mol. The van der Waals surface area contributed by atoms with Crippen molar-refractivity contribution in [1.29, 1.82) is 0 Å². The van der Waals surface area contributed by atoms with Gasteiger partial charge in [0.1, 0.15) is 11.6 Å². The van der Waals surface area contributed by atoms with Gasteiger partial charge < -0.3 is 20.3 Å². The van der Waals surface area contributed by atoms with Crippen molar-refractivity contribution in [3.05, 3.63) is 71.1 Å². The van der Waals surface area contributed by atoms with Crippen LogP contribution in [0.2, 0.25) is 5.02 Å². The predicted molar refractivity (Wildman–Crippen MR) is 120 cm³/mol. The van der Waals surface area contributed by atoms with Gasteiger partial charge in [-0.1, -0.05) is 23.7 Å². The molecule has 1 aliphatic heterocycles. The largest absolute Gasteiger partial charge is 0.454 e. The molecule has 3 N–H and O–H groups in total. The highest BCUT2D eigenvalue weighted by Gasteiger charge is 2.25. The molecule has 2 aromatic carbocycles. The summed E-state index contributed by atoms with van der Waals surface area (Å²) in [5.74, 6) is 0.0605. The van der Waals surface area contributed by atoms with Gasteiger partial charge in [-0.3, -0.25) is 5.32 Å². The zero-order valence-electron chi connectivity index (χ0n) is 17.0. The first kappa shape index (κ1) is 21.4. The molecule has 0 fully saturated rings. The van der Waals surface area contributed by atoms with Crippen molar-refractivity contribution in [3.63, 3.8) is 0 Å². The number of para-hydroxylation sites is 1. The number of halogens is 2. The van der Waals surface area contributed by atoms with E-state index < -0.39 is 11.8 Å². The van der Waals surface area contributed by atoms with Crippen molar-refractivity contribution < 1.29 is 18.7 Å². The molecule has 10 heteroatoms. The minimum Gasteiger partial charge on any atom is -0.454 e. The first-order chi connectivity index (χ1) is 15.4. The fourth-order valence-corrected chi connectivity index (χ4v) is 3.34. The molecule has 0 saturated carbocycles. The molecule has 4 rings (SSSR count). The molecule has 0 radical (unpaired) electrons. The Morgan fingerprint density at radius 3 is 2.78 bits per heavy atom. The number of amides is 4. The van der Waals surface area contributed by atoms with Crippen LogP contribution in [0.4, 0.5) is 31.2 Å². The van der Waals surface area contributed by atoms with Crippen molar-refractivity contribution >= 4 is 40.9 Å². The summed E-state index contributed by atoms with van der Waals surface area (Å²) in [5, 5.41) is 8.23. The number of carbonyl (C=O) groups is 2. The lowest BCUT2D eigenvalue weighted by atomic mass is 10.2. The summed E-state index contributed by atoms with van der Waals surface area (Å²) in [7, 11) is 0. The molecular formula is C22H19ClFN5O3. The van der Waals surface area contributed by atoms with E-state index in [1.54, 1.807) is 35.2 Å². The molecule has 164 valence electrons. The third-order valence-corrected chi connectivity index (χ3v) is 5.12. The van der Waals surface area contributed by atoms with Gasteiger partial charge >= 0.3 is 12.1 Å². The van der Waals surface area contributed by atoms with E-state index in [2.05, 4.69) is 20.9 Å². The summed E-state index contributed by atoms with van der Waals surface area (Å²) in [5.41, 5.74) is 1.32. The minimum absolute atomic E-state index is 0.0320. The molecule has 0 spiro atoms. The Morgan fingerprint density at radius 2 is 2.03 bits per heavy atom. The molecule has 4 amide bonds. The maximum atomic E-state index is 14.7. The number of anilines is 3. The van der Waals surface area contributed by atoms with Gasteiger partial charge in [0.25, 0.3) is 0 Å². The van der Waals surface area contributed by atoms with Crippen molar-refractivity contribution in [2.75, 3.05) is 22.5 Å². The van der Waals surface area contributed by atoms with Gasteiger partial charge in [-0.05, 0) is 37.3 Å². The number of carbonyl (C=O) groups excluding carboxylic acids is 2. The number of aromatic nitrogens is 1. The van der Waals surface area contributed by atoms with Crippen molar-refractivity contribution in [1.82, 2.24) is 9.88 Å². The van der Waals surface area contributed by atoms with E-state index in [0.717, 1.165) is 6.07 Å². The number of pyridine rings is 1. The van der Waals surface area contributed by atoms with Gasteiger partial charge in [0.15, 0.2) is 11.6 Å². The summed E-state index contributed by atoms with van der Waals surface area (Å²) < 4.78 is 20.5. The third-order valence-electron chi connectivity index (χ3n) is 4.79. The van der Waals surface area contributed by atoms with Crippen molar-refractivity contribution in [2.45, 2.75) is 13.5 Å². The summed E-state index contributed by atoms with van der Waals surface area (Å²) in [6.45, 7) is 2.66. The maximum Gasteiger partial charge on any atom is 0.323 e. The number of rotatable bonds is 5. The maximum absolute atomic E-state index is 14.7. The topological polar surface area (TPSA) is 95.6 Å². The Kier molecular flexibility index (Phi) is 6.09. The van der Waals surface area contributed by atoms with E-state index in [9.17, 15) is 14.0 Å². The summed E-state index contributed by atoms with van der Waals surface area (Å²) >= 11 is 6.02. The highest BCUT2D eigenvalue weighted by Crippen LogP contribution is 2.34. The Labute approximate surface area is 188 Å². The molecule has 0 saturated heterocycles. The zero-order chi connectivity index (χ0) is 22.7. The van der Waals surface area contributed by atoms with Crippen LogP contribution in [0.5, 0.6) is 11.5 Å². The number of nitrogens with zero attached hydrogens (tertiary/aromatic N) is 2. The van der Waals surface area contributed by atoms with Gasteiger partial charge in [-0.25, -0.2) is 19.0 Å². The van der Waals surface area contributed by atoms with Crippen LogP contribution in [-0.2, 0) is 6.54 Å². The van der Waals surface area contributed by atoms with Gasteiger partial charge in [0.05, 0.1) is 22.8 Å². The Morgan fingerprint density at radius 1 is 1.22 bits per heavy atom. The molecule has 1 aliphatic rings. The number of hydrogen-bond acceptors (Lipinski definition) is 4. The number of nitrogens with one attached hydrogen (secondary N) is 3. The van der Waals surface area contributed by atoms with Crippen LogP contribution in [0.3, 0.4) is 0 Å². The average Bonchev–Trinajstić information content (AvgIpc) is 2.77. The van der Waals surface area contributed by atoms with Crippen LogP contribution in [0.15, 0.2) is 54.7 Å². The molecule has 2 heterocycles. The normalized spacial score (nSPS) is 12.6. The lowest BCUT2D eigenvalue weighted by Crippen LogP contribution is -2.38. The third kappa shape index (κ3) is 4.57. The second kappa shape index (κ2) is 9.11. The van der Waals surface area contributed by atoms with Crippen molar-refractivity contribution in [3.8, 4) is 11.5 Å². The van der Waals surface area contributed by atoms with Gasteiger partial charge in [-0.2, -0.15) is 0 Å². The van der Waals surface area contributed by atoms with Gasteiger partial charge in [0.2, 0.25) is 0 Å². The highest BCUT2D eigenvalue weighted by atomic mass is 35.5. The van der Waals surface area contributed by atoms with E-state index in [1.165, 1.54) is 18.3 Å². The molecule has 0 unspecified atom stereocenters. The first-order valence-electron chi connectivity index (χ1n) is 9.78. The second-order valence-corrected chi connectivity index (χ2v) is 7.29. The average molecular weight is 456 g/mol. The molecule has 8 nitrogen and oxygen atoms in total. The second-order valence-electron chi connectivity index (χ2n) is 6.89. The quantitative estimate of drug-likeness (QED) is 0.461. The van der Waals surface area contributed by atoms with E-state index in [0.29, 0.717) is 40.9 Å². The number of hydrogen-bond donors (Lipinski definition) is 3. The minimum atomic E-state index is -0.668. The molecule has 0 aliphatic carbocycles. The molecule has 3 aromatic rings. The van der Waals surface area contributed by atoms with Crippen molar-refractivity contribution in [2.24, 2.45) is 0 Å². The van der Waals surface area contributed by atoms with Crippen LogP contribution in [-0.4, -0.2) is 28.5 Å². The lowest BCUT2D eigenvalue weighted by Gasteiger charge is -2.28. The SMILES string of the molecule is CCN1Cc2c(Oc3ccc(NC(=O)Nc4ccccc4Cl)cc3F)ccnc2NC1=O. The Balaban J connectivity index is 1.48.